The van der Waals surface area contributed by atoms with Gasteiger partial charge in [0.05, 0.1) is 18.1 Å². The summed E-state index contributed by atoms with van der Waals surface area (Å²) in [6, 6.07) is 8.57. The van der Waals surface area contributed by atoms with Crippen LogP contribution in [0.2, 0.25) is 0 Å². The minimum Gasteiger partial charge on any atom is -0.408 e. The van der Waals surface area contributed by atoms with E-state index in [-0.39, 0.29) is 22.8 Å². The third-order valence-corrected chi connectivity index (χ3v) is 6.69. The maximum Gasteiger partial charge on any atom is 0.420 e. The van der Waals surface area contributed by atoms with Crippen molar-refractivity contribution in [3.05, 3.63) is 70.2 Å². The Morgan fingerprint density at radius 3 is 2.88 bits per heavy atom. The van der Waals surface area contributed by atoms with Crippen molar-refractivity contribution in [3.8, 4) is 11.8 Å². The van der Waals surface area contributed by atoms with Gasteiger partial charge >= 0.3 is 5.76 Å². The minimum absolute atomic E-state index is 0.0187. The number of oxazole rings is 1. The fourth-order valence-electron chi connectivity index (χ4n) is 3.17. The molecular weight excluding hydrogens is 457 g/mol. The number of benzene rings is 2. The van der Waals surface area contributed by atoms with Crippen molar-refractivity contribution in [2.45, 2.75) is 17.9 Å². The van der Waals surface area contributed by atoms with Crippen LogP contribution in [-0.2, 0) is 10.0 Å². The first-order valence-electron chi connectivity index (χ1n) is 9.23. The molecule has 0 amide bonds. The van der Waals surface area contributed by atoms with Crippen molar-refractivity contribution < 1.29 is 17.2 Å². The van der Waals surface area contributed by atoms with Crippen molar-refractivity contribution in [1.29, 1.82) is 0 Å². The Labute approximate surface area is 185 Å². The molecule has 0 fully saturated rings. The van der Waals surface area contributed by atoms with Crippen molar-refractivity contribution in [2.75, 3.05) is 11.3 Å². The Bertz CT molecular complexity index is 1520. The van der Waals surface area contributed by atoms with Crippen molar-refractivity contribution in [2.24, 2.45) is 5.73 Å². The molecule has 2 aromatic carbocycles. The van der Waals surface area contributed by atoms with E-state index in [0.717, 1.165) is 29.2 Å². The summed E-state index contributed by atoms with van der Waals surface area (Å²) < 4.78 is 52.3. The van der Waals surface area contributed by atoms with Crippen molar-refractivity contribution in [1.82, 2.24) is 13.9 Å². The average molecular weight is 474 g/mol. The predicted molar refractivity (Wildman–Crippen MR) is 117 cm³/mol. The smallest absolute Gasteiger partial charge is 0.408 e. The van der Waals surface area contributed by atoms with Gasteiger partial charge in [0.25, 0.3) is 10.0 Å². The van der Waals surface area contributed by atoms with Crippen LogP contribution in [0.25, 0.3) is 11.1 Å². The summed E-state index contributed by atoms with van der Waals surface area (Å²) in [6.07, 6.45) is 1.17. The minimum atomic E-state index is -4.31. The van der Waals surface area contributed by atoms with E-state index in [1.807, 2.05) is 0 Å². The molecule has 0 aliphatic heterocycles. The Balaban J connectivity index is 1.77. The van der Waals surface area contributed by atoms with Crippen LogP contribution in [0.4, 0.5) is 9.52 Å². The SMILES string of the molecule is CC(c1cccc(C#CCN)c1)n1c(=O)oc2cc(S(=O)(=O)Nc3ncns3)c(F)cc21. The van der Waals surface area contributed by atoms with Crippen LogP contribution in [0.1, 0.15) is 24.1 Å². The maximum atomic E-state index is 14.9. The topological polar surface area (TPSA) is 133 Å². The lowest BCUT2D eigenvalue weighted by Gasteiger charge is -2.14. The molecular formula is C20H16FN5O4S2. The molecule has 4 rings (SSSR count). The highest BCUT2D eigenvalue weighted by Crippen LogP contribution is 2.28. The third kappa shape index (κ3) is 4.13. The molecule has 0 bridgehead atoms. The molecule has 3 N–H and O–H groups in total. The highest BCUT2D eigenvalue weighted by Gasteiger charge is 2.25. The fourth-order valence-corrected chi connectivity index (χ4v) is 4.91. The molecule has 0 spiro atoms. The number of aromatic nitrogens is 3. The molecule has 2 aromatic heterocycles. The van der Waals surface area contributed by atoms with Gasteiger partial charge in [0, 0.05) is 29.2 Å². The standard InChI is InChI=1S/C20H16FN5O4S2/c1-12(14-6-2-4-13(8-14)5-3-7-22)26-16-9-15(21)18(10-17(16)30-20(26)27)32(28,29)25-19-23-11-24-31-19/h2,4,6,8-12H,7,22H2,1H3,(H,23,24,25). The van der Waals surface area contributed by atoms with Crippen LogP contribution in [0.15, 0.2) is 56.8 Å². The molecule has 2 heterocycles. The number of hydrogen-bond acceptors (Lipinski definition) is 8. The van der Waals surface area contributed by atoms with Crippen LogP contribution in [-0.4, -0.2) is 28.9 Å². The van der Waals surface area contributed by atoms with Gasteiger partial charge in [-0.15, -0.1) is 0 Å². The number of nitrogens with two attached hydrogens (primary N) is 1. The molecule has 32 heavy (non-hydrogen) atoms. The predicted octanol–water partition coefficient (Wildman–Crippen LogP) is 2.31. The average Bonchev–Trinajstić information content (AvgIpc) is 3.37. The molecule has 164 valence electrons. The maximum absolute atomic E-state index is 14.9. The third-order valence-electron chi connectivity index (χ3n) is 4.63. The van der Waals surface area contributed by atoms with Gasteiger partial charge in [0.1, 0.15) is 17.0 Å². The normalized spacial score (nSPS) is 12.3. The van der Waals surface area contributed by atoms with Crippen LogP contribution < -0.4 is 16.2 Å². The number of hydrogen-bond donors (Lipinski definition) is 2. The van der Waals surface area contributed by atoms with E-state index in [2.05, 4.69) is 25.9 Å². The van der Waals surface area contributed by atoms with E-state index in [0.29, 0.717) is 5.56 Å². The largest absolute Gasteiger partial charge is 0.420 e. The van der Waals surface area contributed by atoms with Gasteiger partial charge < -0.3 is 10.2 Å². The van der Waals surface area contributed by atoms with Gasteiger partial charge in [-0.3, -0.25) is 9.29 Å². The molecule has 0 saturated heterocycles. The second kappa shape index (κ2) is 8.54. The summed E-state index contributed by atoms with van der Waals surface area (Å²) in [4.78, 5) is 15.6. The van der Waals surface area contributed by atoms with Crippen LogP contribution in [0, 0.1) is 17.7 Å². The lowest BCUT2D eigenvalue weighted by atomic mass is 10.0. The highest BCUT2D eigenvalue weighted by atomic mass is 32.2. The number of halogens is 1. The van der Waals surface area contributed by atoms with Crippen molar-refractivity contribution >= 4 is 37.8 Å². The Morgan fingerprint density at radius 2 is 2.16 bits per heavy atom. The zero-order valence-corrected chi connectivity index (χ0v) is 18.2. The first kappa shape index (κ1) is 21.7. The van der Waals surface area contributed by atoms with E-state index in [4.69, 9.17) is 10.2 Å². The van der Waals surface area contributed by atoms with Gasteiger partial charge in [-0.05, 0) is 24.6 Å². The van der Waals surface area contributed by atoms with Gasteiger partial charge in [0.15, 0.2) is 5.58 Å². The fraction of sp³-hybridized carbons (Fsp3) is 0.150. The second-order valence-corrected chi connectivity index (χ2v) is 9.08. The van der Waals surface area contributed by atoms with E-state index >= 15 is 0 Å². The van der Waals surface area contributed by atoms with Gasteiger partial charge in [-0.25, -0.2) is 22.6 Å². The Morgan fingerprint density at radius 1 is 1.34 bits per heavy atom. The number of anilines is 1. The van der Waals surface area contributed by atoms with Gasteiger partial charge in [-0.1, -0.05) is 24.0 Å². The number of nitrogens with zero attached hydrogens (tertiary/aromatic N) is 3. The molecule has 12 heteroatoms. The lowest BCUT2D eigenvalue weighted by molar-refractivity contribution is 0.489. The first-order valence-corrected chi connectivity index (χ1v) is 11.5. The molecule has 0 saturated carbocycles. The summed E-state index contributed by atoms with van der Waals surface area (Å²) >= 11 is 0.800. The molecule has 1 unspecified atom stereocenters. The Kier molecular flexibility index (Phi) is 5.79. The molecule has 9 nitrogen and oxygen atoms in total. The first-order chi connectivity index (χ1) is 15.3. The zero-order chi connectivity index (χ0) is 22.9. The quantitative estimate of drug-likeness (QED) is 0.425. The molecule has 4 aromatic rings. The monoisotopic (exact) mass is 473 g/mol. The van der Waals surface area contributed by atoms with E-state index in [1.54, 1.807) is 31.2 Å². The summed E-state index contributed by atoms with van der Waals surface area (Å²) in [5.41, 5.74) is 6.90. The summed E-state index contributed by atoms with van der Waals surface area (Å²) in [6.45, 7) is 1.95. The number of fused-ring (bicyclic) bond motifs is 1. The number of nitrogens with one attached hydrogen (secondary N) is 1. The van der Waals surface area contributed by atoms with Gasteiger partial charge in [0.2, 0.25) is 5.13 Å². The highest BCUT2D eigenvalue weighted by molar-refractivity contribution is 7.93. The molecule has 1 atom stereocenters. The second-order valence-electron chi connectivity index (χ2n) is 6.65. The lowest BCUT2D eigenvalue weighted by Crippen LogP contribution is -2.19. The van der Waals surface area contributed by atoms with Gasteiger partial charge in [-0.2, -0.15) is 4.37 Å². The van der Waals surface area contributed by atoms with Crippen LogP contribution in [0.5, 0.6) is 0 Å². The molecule has 0 radical (unpaired) electrons. The van der Waals surface area contributed by atoms with Crippen LogP contribution in [0.3, 0.4) is 0 Å². The summed E-state index contributed by atoms with van der Waals surface area (Å²) in [7, 11) is -4.31. The zero-order valence-electron chi connectivity index (χ0n) is 16.6. The number of rotatable bonds is 5. The molecule has 0 aliphatic rings. The van der Waals surface area contributed by atoms with E-state index < -0.39 is 32.5 Å². The molecule has 0 aliphatic carbocycles. The summed E-state index contributed by atoms with van der Waals surface area (Å²) in [5, 5.41) is -0.0187. The van der Waals surface area contributed by atoms with Crippen molar-refractivity contribution in [3.63, 3.8) is 0 Å². The summed E-state index contributed by atoms with van der Waals surface area (Å²) in [5.74, 6) is 3.88. The van der Waals surface area contributed by atoms with Crippen LogP contribution >= 0.6 is 11.5 Å². The van der Waals surface area contributed by atoms with E-state index in [9.17, 15) is 17.6 Å². The van der Waals surface area contributed by atoms with E-state index in [1.165, 1.54) is 10.9 Å². The number of sulfonamides is 1. The Hall–Kier alpha value is -3.53.